The number of aromatic nitrogens is 1. The van der Waals surface area contributed by atoms with E-state index in [4.69, 9.17) is 14.7 Å². The summed E-state index contributed by atoms with van der Waals surface area (Å²) in [5, 5.41) is 9.30. The first-order valence-corrected chi connectivity index (χ1v) is 6.52. The number of hydrogen-bond donors (Lipinski definition) is 0. The van der Waals surface area contributed by atoms with Gasteiger partial charge in [0, 0.05) is 0 Å². The van der Waals surface area contributed by atoms with Crippen molar-refractivity contribution in [2.24, 2.45) is 0 Å². The van der Waals surface area contributed by atoms with Crippen LogP contribution in [0.1, 0.15) is 11.9 Å². The molecule has 1 heterocycles. The van der Waals surface area contributed by atoms with Crippen LogP contribution in [0.3, 0.4) is 0 Å². The lowest BCUT2D eigenvalue weighted by atomic mass is 10.3. The standard InChI is InChI=1S/C13H12N2O3S/c1-9(6-14)18-13(16)8-17-7-12-15-10-4-2-3-5-11(10)19-12/h2-5,9H,7-8H2,1H3/t9-/m1/s1. The highest BCUT2D eigenvalue weighted by Crippen LogP contribution is 2.21. The van der Waals surface area contributed by atoms with E-state index in [1.807, 2.05) is 30.3 Å². The number of nitrogens with zero attached hydrogens (tertiary/aromatic N) is 2. The Morgan fingerprint density at radius 1 is 1.53 bits per heavy atom. The fourth-order valence-electron chi connectivity index (χ4n) is 1.46. The van der Waals surface area contributed by atoms with Crippen LogP contribution in [0.5, 0.6) is 0 Å². The number of carbonyl (C=O) groups is 1. The Labute approximate surface area is 114 Å². The number of para-hydroxylation sites is 1. The van der Waals surface area contributed by atoms with Gasteiger partial charge in [0.15, 0.2) is 6.10 Å². The third-order valence-corrected chi connectivity index (χ3v) is 3.28. The average molecular weight is 276 g/mol. The van der Waals surface area contributed by atoms with E-state index in [9.17, 15) is 4.79 Å². The Balaban J connectivity index is 1.83. The second-order valence-electron chi connectivity index (χ2n) is 3.83. The Hall–Kier alpha value is -1.97. The van der Waals surface area contributed by atoms with E-state index in [1.165, 1.54) is 18.3 Å². The van der Waals surface area contributed by atoms with Crippen LogP contribution in [-0.2, 0) is 20.9 Å². The molecule has 2 rings (SSSR count). The summed E-state index contributed by atoms with van der Waals surface area (Å²) in [6, 6.07) is 9.60. The van der Waals surface area contributed by atoms with E-state index in [0.29, 0.717) is 0 Å². The summed E-state index contributed by atoms with van der Waals surface area (Å²) < 4.78 is 11.1. The molecule has 1 aromatic carbocycles. The van der Waals surface area contributed by atoms with E-state index >= 15 is 0 Å². The predicted molar refractivity (Wildman–Crippen MR) is 70.4 cm³/mol. The number of hydrogen-bond acceptors (Lipinski definition) is 6. The molecule has 0 saturated carbocycles. The molecule has 0 aliphatic rings. The summed E-state index contributed by atoms with van der Waals surface area (Å²) in [5.74, 6) is -0.546. The van der Waals surface area contributed by atoms with Crippen LogP contribution in [0.2, 0.25) is 0 Å². The minimum Gasteiger partial charge on any atom is -0.446 e. The Kier molecular flexibility index (Phi) is 4.44. The molecule has 0 unspecified atom stereocenters. The number of carbonyl (C=O) groups excluding carboxylic acids is 1. The van der Waals surface area contributed by atoms with Crippen LogP contribution in [0.15, 0.2) is 24.3 Å². The maximum atomic E-state index is 11.3. The highest BCUT2D eigenvalue weighted by Gasteiger charge is 2.09. The van der Waals surface area contributed by atoms with E-state index in [0.717, 1.165) is 15.2 Å². The first-order chi connectivity index (χ1) is 9.19. The van der Waals surface area contributed by atoms with Crippen molar-refractivity contribution in [3.8, 4) is 6.07 Å². The first-order valence-electron chi connectivity index (χ1n) is 5.70. The lowest BCUT2D eigenvalue weighted by molar-refractivity contribution is -0.151. The van der Waals surface area contributed by atoms with Crippen molar-refractivity contribution in [1.29, 1.82) is 5.26 Å². The normalized spacial score (nSPS) is 12.0. The molecular weight excluding hydrogens is 264 g/mol. The maximum absolute atomic E-state index is 11.3. The van der Waals surface area contributed by atoms with Crippen molar-refractivity contribution >= 4 is 27.5 Å². The zero-order chi connectivity index (χ0) is 13.7. The summed E-state index contributed by atoms with van der Waals surface area (Å²) in [5.41, 5.74) is 0.923. The predicted octanol–water partition coefficient (Wildman–Crippen LogP) is 2.27. The van der Waals surface area contributed by atoms with Gasteiger partial charge in [-0.3, -0.25) is 0 Å². The number of thiazole rings is 1. The van der Waals surface area contributed by atoms with Gasteiger partial charge in [0.25, 0.3) is 0 Å². The van der Waals surface area contributed by atoms with Gasteiger partial charge in [-0.1, -0.05) is 12.1 Å². The van der Waals surface area contributed by atoms with Crippen molar-refractivity contribution < 1.29 is 14.3 Å². The van der Waals surface area contributed by atoms with E-state index in [2.05, 4.69) is 4.98 Å². The van der Waals surface area contributed by atoms with Crippen LogP contribution in [0.25, 0.3) is 10.2 Å². The summed E-state index contributed by atoms with van der Waals surface area (Å²) in [7, 11) is 0. The SMILES string of the molecule is C[C@H](C#N)OC(=O)COCc1nc2ccccc2s1. The van der Waals surface area contributed by atoms with Crippen molar-refractivity contribution in [2.75, 3.05) is 6.61 Å². The second kappa shape index (κ2) is 6.27. The highest BCUT2D eigenvalue weighted by molar-refractivity contribution is 7.18. The molecule has 0 fully saturated rings. The fourth-order valence-corrected chi connectivity index (χ4v) is 2.37. The van der Waals surface area contributed by atoms with Gasteiger partial charge in [-0.25, -0.2) is 9.78 Å². The van der Waals surface area contributed by atoms with Crippen molar-refractivity contribution in [2.45, 2.75) is 19.6 Å². The number of benzene rings is 1. The molecule has 1 atom stereocenters. The molecule has 19 heavy (non-hydrogen) atoms. The van der Waals surface area contributed by atoms with Crippen LogP contribution in [0, 0.1) is 11.3 Å². The topological polar surface area (TPSA) is 72.2 Å². The average Bonchev–Trinajstić information content (AvgIpc) is 2.81. The summed E-state index contributed by atoms with van der Waals surface area (Å²) >= 11 is 1.53. The molecule has 0 aliphatic heterocycles. The second-order valence-corrected chi connectivity index (χ2v) is 4.94. The van der Waals surface area contributed by atoms with Crippen LogP contribution in [-0.4, -0.2) is 23.7 Å². The zero-order valence-electron chi connectivity index (χ0n) is 10.3. The number of rotatable bonds is 5. The molecule has 6 heteroatoms. The number of fused-ring (bicyclic) bond motifs is 1. The molecular formula is C13H12N2O3S. The number of esters is 1. The Morgan fingerprint density at radius 2 is 2.32 bits per heavy atom. The quantitative estimate of drug-likeness (QED) is 0.783. The molecule has 0 saturated heterocycles. The summed E-state index contributed by atoms with van der Waals surface area (Å²) in [6.07, 6.45) is -0.751. The van der Waals surface area contributed by atoms with Crippen LogP contribution >= 0.6 is 11.3 Å². The third-order valence-electron chi connectivity index (χ3n) is 2.27. The Morgan fingerprint density at radius 3 is 3.05 bits per heavy atom. The molecule has 0 amide bonds. The third kappa shape index (κ3) is 3.74. The van der Waals surface area contributed by atoms with Gasteiger partial charge in [-0.15, -0.1) is 11.3 Å². The zero-order valence-corrected chi connectivity index (χ0v) is 11.1. The van der Waals surface area contributed by atoms with Crippen LogP contribution in [0.4, 0.5) is 0 Å². The first kappa shape index (κ1) is 13.5. The van der Waals surface area contributed by atoms with Crippen molar-refractivity contribution in [3.05, 3.63) is 29.3 Å². The van der Waals surface area contributed by atoms with Gasteiger partial charge in [0.2, 0.25) is 0 Å². The van der Waals surface area contributed by atoms with Gasteiger partial charge >= 0.3 is 5.97 Å². The molecule has 0 radical (unpaired) electrons. The van der Waals surface area contributed by atoms with Gasteiger partial charge in [0.1, 0.15) is 17.7 Å². The van der Waals surface area contributed by atoms with Crippen LogP contribution < -0.4 is 0 Å². The number of ether oxygens (including phenoxy) is 2. The molecule has 2 aromatic rings. The fraction of sp³-hybridized carbons (Fsp3) is 0.308. The molecule has 1 aromatic heterocycles. The van der Waals surface area contributed by atoms with E-state index in [1.54, 1.807) is 0 Å². The maximum Gasteiger partial charge on any atom is 0.333 e. The van der Waals surface area contributed by atoms with Crippen molar-refractivity contribution in [1.82, 2.24) is 4.98 Å². The lowest BCUT2D eigenvalue weighted by Gasteiger charge is -2.05. The summed E-state index contributed by atoms with van der Waals surface area (Å²) in [6.45, 7) is 1.59. The molecule has 0 aliphatic carbocycles. The molecule has 0 bridgehead atoms. The van der Waals surface area contributed by atoms with Gasteiger partial charge in [-0.05, 0) is 19.1 Å². The highest BCUT2D eigenvalue weighted by atomic mass is 32.1. The van der Waals surface area contributed by atoms with Gasteiger partial charge < -0.3 is 9.47 Å². The lowest BCUT2D eigenvalue weighted by Crippen LogP contribution is -2.17. The van der Waals surface area contributed by atoms with Crippen molar-refractivity contribution in [3.63, 3.8) is 0 Å². The minimum absolute atomic E-state index is 0.179. The molecule has 0 N–H and O–H groups in total. The molecule has 5 nitrogen and oxygen atoms in total. The molecule has 0 spiro atoms. The summed E-state index contributed by atoms with van der Waals surface area (Å²) in [4.78, 5) is 15.6. The van der Waals surface area contributed by atoms with Gasteiger partial charge in [0.05, 0.1) is 16.8 Å². The Bertz CT molecular complexity index is 585. The van der Waals surface area contributed by atoms with Gasteiger partial charge in [-0.2, -0.15) is 5.26 Å². The molecule has 98 valence electrons. The monoisotopic (exact) mass is 276 g/mol. The number of nitriles is 1. The van der Waals surface area contributed by atoms with E-state index in [-0.39, 0.29) is 13.2 Å². The minimum atomic E-state index is -0.751. The van der Waals surface area contributed by atoms with E-state index < -0.39 is 12.1 Å². The smallest absolute Gasteiger partial charge is 0.333 e. The largest absolute Gasteiger partial charge is 0.446 e.